The van der Waals surface area contributed by atoms with Gasteiger partial charge in [0.05, 0.1) is 6.10 Å². The van der Waals surface area contributed by atoms with Crippen LogP contribution in [0.4, 0.5) is 13.2 Å². The largest absolute Gasteiger partial charge is 0.490 e. The molecule has 1 atom stereocenters. The molecule has 6 nitrogen and oxygen atoms in total. The Kier molecular flexibility index (Phi) is 7.66. The number of alkyl halides is 3. The molecule has 0 aromatic heterocycles. The minimum absolute atomic E-state index is 0.366. The quantitative estimate of drug-likeness (QED) is 0.738. The van der Waals surface area contributed by atoms with E-state index >= 15 is 0 Å². The Hall–Kier alpha value is -1.35. The lowest BCUT2D eigenvalue weighted by molar-refractivity contribution is -0.192. The summed E-state index contributed by atoms with van der Waals surface area (Å²) in [5.41, 5.74) is 0.421. The lowest BCUT2D eigenvalue weighted by atomic mass is 9.72. The van der Waals surface area contributed by atoms with Crippen LogP contribution in [0.3, 0.4) is 0 Å². The van der Waals surface area contributed by atoms with Gasteiger partial charge in [-0.05, 0) is 69.9 Å². The molecule has 1 amide bonds. The summed E-state index contributed by atoms with van der Waals surface area (Å²) >= 11 is 0. The third-order valence-corrected chi connectivity index (χ3v) is 7.07. The Morgan fingerprint density at radius 3 is 2.17 bits per heavy atom. The molecular weight excluding hydrogens is 401 g/mol. The smallest absolute Gasteiger partial charge is 0.475 e. The number of piperidine rings is 2. The SMILES string of the molecule is O=C(C1CCC1)N1CCCC2(CCN(CC3CCCO3)CC2)C1.O=C(O)C(F)(F)F. The van der Waals surface area contributed by atoms with Crippen molar-refractivity contribution in [2.75, 3.05) is 39.3 Å². The Bertz CT molecular complexity index is 596. The van der Waals surface area contributed by atoms with E-state index < -0.39 is 12.1 Å². The highest BCUT2D eigenvalue weighted by molar-refractivity contribution is 5.79. The van der Waals surface area contributed by atoms with E-state index in [1.807, 2.05) is 0 Å². The van der Waals surface area contributed by atoms with Gasteiger partial charge in [0, 0.05) is 32.2 Å². The van der Waals surface area contributed by atoms with Crippen molar-refractivity contribution in [1.29, 1.82) is 0 Å². The van der Waals surface area contributed by atoms with E-state index in [2.05, 4.69) is 9.80 Å². The van der Waals surface area contributed by atoms with Gasteiger partial charge in [0.25, 0.3) is 0 Å². The number of likely N-dealkylation sites (tertiary alicyclic amines) is 2. The molecule has 1 saturated carbocycles. The summed E-state index contributed by atoms with van der Waals surface area (Å²) in [4.78, 5) is 26.3. The number of rotatable bonds is 3. The zero-order valence-electron chi connectivity index (χ0n) is 17.5. The second-order valence-corrected chi connectivity index (χ2v) is 9.23. The molecule has 0 bridgehead atoms. The number of carboxylic acid groups (broad SMARTS) is 1. The number of carbonyl (C=O) groups is 2. The normalized spacial score (nSPS) is 27.3. The fourth-order valence-corrected chi connectivity index (χ4v) is 5.00. The van der Waals surface area contributed by atoms with E-state index in [4.69, 9.17) is 14.6 Å². The number of ether oxygens (including phenoxy) is 1. The Morgan fingerprint density at radius 2 is 1.67 bits per heavy atom. The standard InChI is InChI=1S/C19H32N2O2.C2HF3O2/c22-18(16-4-1-5-16)21-10-3-7-19(15-21)8-11-20(12-9-19)14-17-6-2-13-23-17;3-2(4,5)1(6)7/h16-17H,1-15H2;(H,6,7). The molecule has 4 fully saturated rings. The number of halogens is 3. The van der Waals surface area contributed by atoms with Crippen molar-refractivity contribution in [3.8, 4) is 0 Å². The topological polar surface area (TPSA) is 70.1 Å². The summed E-state index contributed by atoms with van der Waals surface area (Å²) in [5.74, 6) is -1.92. The van der Waals surface area contributed by atoms with Crippen LogP contribution >= 0.6 is 0 Å². The number of carbonyl (C=O) groups excluding carboxylic acids is 1. The van der Waals surface area contributed by atoms with Crippen LogP contribution in [0.1, 0.15) is 57.8 Å². The first-order chi connectivity index (χ1) is 14.2. The van der Waals surface area contributed by atoms with Crippen LogP contribution in [0, 0.1) is 11.3 Å². The maximum absolute atomic E-state index is 12.6. The average molecular weight is 434 g/mol. The van der Waals surface area contributed by atoms with Crippen LogP contribution < -0.4 is 0 Å². The van der Waals surface area contributed by atoms with Crippen LogP contribution in [0.2, 0.25) is 0 Å². The van der Waals surface area contributed by atoms with Crippen molar-refractivity contribution in [3.05, 3.63) is 0 Å². The predicted octanol–water partition coefficient (Wildman–Crippen LogP) is 3.30. The molecule has 1 unspecified atom stereocenters. The molecule has 3 heterocycles. The third-order valence-electron chi connectivity index (χ3n) is 7.07. The van der Waals surface area contributed by atoms with Gasteiger partial charge < -0.3 is 19.6 Å². The second kappa shape index (κ2) is 9.85. The molecule has 4 rings (SSSR count). The molecule has 0 radical (unpaired) electrons. The average Bonchev–Trinajstić information content (AvgIpc) is 3.15. The minimum atomic E-state index is -5.08. The monoisotopic (exact) mass is 434 g/mol. The van der Waals surface area contributed by atoms with Crippen LogP contribution in [-0.4, -0.2) is 78.4 Å². The van der Waals surface area contributed by atoms with Crippen molar-refractivity contribution in [2.24, 2.45) is 11.3 Å². The molecule has 0 aromatic rings. The molecule has 1 aliphatic carbocycles. The molecule has 172 valence electrons. The van der Waals surface area contributed by atoms with Crippen molar-refractivity contribution in [1.82, 2.24) is 9.80 Å². The highest BCUT2D eigenvalue weighted by atomic mass is 19.4. The molecule has 4 aliphatic rings. The summed E-state index contributed by atoms with van der Waals surface area (Å²) < 4.78 is 37.5. The van der Waals surface area contributed by atoms with Crippen LogP contribution in [0.25, 0.3) is 0 Å². The lowest BCUT2D eigenvalue weighted by Crippen LogP contribution is -2.53. The first kappa shape index (κ1) is 23.3. The van der Waals surface area contributed by atoms with Crippen molar-refractivity contribution in [3.63, 3.8) is 0 Å². The van der Waals surface area contributed by atoms with Gasteiger partial charge in [-0.3, -0.25) is 4.79 Å². The van der Waals surface area contributed by atoms with Gasteiger partial charge in [-0.2, -0.15) is 13.2 Å². The summed E-state index contributed by atoms with van der Waals surface area (Å²) in [6.07, 6.45) is 6.49. The van der Waals surface area contributed by atoms with E-state index in [0.717, 1.165) is 39.1 Å². The Labute approximate surface area is 175 Å². The van der Waals surface area contributed by atoms with Crippen molar-refractivity contribution in [2.45, 2.75) is 70.1 Å². The number of hydrogen-bond donors (Lipinski definition) is 1. The molecule has 0 aromatic carbocycles. The molecule has 1 spiro atoms. The van der Waals surface area contributed by atoms with Crippen LogP contribution in [0.15, 0.2) is 0 Å². The highest BCUT2D eigenvalue weighted by Gasteiger charge is 2.42. The summed E-state index contributed by atoms with van der Waals surface area (Å²) in [6.45, 7) is 6.53. The molecule has 9 heteroatoms. The summed E-state index contributed by atoms with van der Waals surface area (Å²) in [7, 11) is 0. The fraction of sp³-hybridized carbons (Fsp3) is 0.905. The Balaban J connectivity index is 0.000000318. The minimum Gasteiger partial charge on any atom is -0.475 e. The third kappa shape index (κ3) is 6.09. The van der Waals surface area contributed by atoms with Crippen molar-refractivity contribution >= 4 is 11.9 Å². The number of amides is 1. The van der Waals surface area contributed by atoms with Crippen LogP contribution in [-0.2, 0) is 14.3 Å². The molecular formula is C21H33F3N2O4. The van der Waals surface area contributed by atoms with Gasteiger partial charge in [0.2, 0.25) is 5.91 Å². The molecule has 30 heavy (non-hydrogen) atoms. The summed E-state index contributed by atoms with van der Waals surface area (Å²) in [6, 6.07) is 0. The van der Waals surface area contributed by atoms with Gasteiger partial charge in [-0.1, -0.05) is 6.42 Å². The number of aliphatic carboxylic acids is 1. The van der Waals surface area contributed by atoms with E-state index in [1.54, 1.807) is 0 Å². The Morgan fingerprint density at radius 1 is 1.00 bits per heavy atom. The lowest BCUT2D eigenvalue weighted by Gasteiger charge is -2.49. The summed E-state index contributed by atoms with van der Waals surface area (Å²) in [5, 5.41) is 7.12. The van der Waals surface area contributed by atoms with E-state index in [9.17, 15) is 18.0 Å². The van der Waals surface area contributed by atoms with Gasteiger partial charge in [0.1, 0.15) is 0 Å². The van der Waals surface area contributed by atoms with Gasteiger partial charge >= 0.3 is 12.1 Å². The zero-order valence-corrected chi connectivity index (χ0v) is 17.5. The van der Waals surface area contributed by atoms with E-state index in [-0.39, 0.29) is 0 Å². The predicted molar refractivity (Wildman–Crippen MR) is 104 cm³/mol. The van der Waals surface area contributed by atoms with Crippen LogP contribution in [0.5, 0.6) is 0 Å². The molecule has 3 aliphatic heterocycles. The zero-order chi connectivity index (χ0) is 21.8. The van der Waals surface area contributed by atoms with Crippen molar-refractivity contribution < 1.29 is 32.6 Å². The molecule has 3 saturated heterocycles. The highest BCUT2D eigenvalue weighted by Crippen LogP contribution is 2.41. The number of hydrogen-bond acceptors (Lipinski definition) is 4. The van der Waals surface area contributed by atoms with Gasteiger partial charge in [0.15, 0.2) is 0 Å². The number of nitrogens with zero attached hydrogens (tertiary/aromatic N) is 2. The maximum Gasteiger partial charge on any atom is 0.490 e. The van der Waals surface area contributed by atoms with Gasteiger partial charge in [-0.15, -0.1) is 0 Å². The van der Waals surface area contributed by atoms with E-state index in [1.165, 1.54) is 58.0 Å². The first-order valence-corrected chi connectivity index (χ1v) is 11.1. The van der Waals surface area contributed by atoms with Gasteiger partial charge in [-0.25, -0.2) is 4.79 Å². The van der Waals surface area contributed by atoms with E-state index in [0.29, 0.717) is 23.3 Å². The second-order valence-electron chi connectivity index (χ2n) is 9.23. The maximum atomic E-state index is 12.6. The number of carboxylic acids is 1. The molecule has 1 N–H and O–H groups in total. The fourth-order valence-electron chi connectivity index (χ4n) is 5.00. The first-order valence-electron chi connectivity index (χ1n) is 11.1.